The number of carbonyl (C=O) groups is 1. The van der Waals surface area contributed by atoms with Crippen LogP contribution >= 0.6 is 20.7 Å². The van der Waals surface area contributed by atoms with Gasteiger partial charge in [0, 0.05) is 0 Å². The molecule has 0 radical (unpaired) electrons. The quantitative estimate of drug-likeness (QED) is 0.460. The lowest BCUT2D eigenvalue weighted by molar-refractivity contribution is -0.139. The molecule has 4 N–H and O–H groups in total. The van der Waals surface area contributed by atoms with E-state index >= 15 is 0 Å². The summed E-state index contributed by atoms with van der Waals surface area (Å²) in [5.74, 6) is -0.720. The number of carboxylic acid groups (broad SMARTS) is 1. The summed E-state index contributed by atoms with van der Waals surface area (Å²) in [6.45, 7) is 0.858. The number of aliphatic carboxylic acids is 1. The van der Waals surface area contributed by atoms with E-state index in [9.17, 15) is 4.79 Å². The van der Waals surface area contributed by atoms with Crippen LogP contribution in [0.2, 0.25) is 0 Å². The van der Waals surface area contributed by atoms with Crippen molar-refractivity contribution in [1.82, 2.24) is 5.32 Å². The molecule has 0 saturated carbocycles. The smallest absolute Gasteiger partial charge is 0.320 e. The minimum Gasteiger partial charge on any atom is -0.480 e. The molecule has 13 heavy (non-hydrogen) atoms. The normalized spacial score (nSPS) is 20.1. The van der Waals surface area contributed by atoms with Crippen LogP contribution in [0, 0.1) is 0 Å². The van der Waals surface area contributed by atoms with Crippen molar-refractivity contribution in [2.75, 3.05) is 6.54 Å². The third-order valence-electron chi connectivity index (χ3n) is 1.36. The Bertz CT molecular complexity index is 168. The van der Waals surface area contributed by atoms with E-state index < -0.39 is 14.2 Å². The van der Waals surface area contributed by atoms with Crippen LogP contribution < -0.4 is 5.32 Å². The van der Waals surface area contributed by atoms with Crippen LogP contribution in [0.4, 0.5) is 0 Å². The van der Waals surface area contributed by atoms with Crippen molar-refractivity contribution in [3.63, 3.8) is 0 Å². The van der Waals surface area contributed by atoms with Crippen molar-refractivity contribution in [2.45, 2.75) is 18.9 Å². The van der Waals surface area contributed by atoms with Crippen LogP contribution in [0.25, 0.3) is 0 Å². The van der Waals surface area contributed by atoms with Gasteiger partial charge in [0.15, 0.2) is 0 Å². The first-order chi connectivity index (χ1) is 5.54. The molecule has 1 fully saturated rings. The molecule has 0 bridgehead atoms. The predicted octanol–water partition coefficient (Wildman–Crippen LogP) is -0.395. The van der Waals surface area contributed by atoms with E-state index in [4.69, 9.17) is 19.5 Å². The maximum absolute atomic E-state index is 10.1. The average Bonchev–Trinajstić information content (AvgIpc) is 2.34. The Kier molecular flexibility index (Phi) is 10.00. The number of rotatable bonds is 1. The number of hydrogen-bond acceptors (Lipinski definition) is 3. The maximum Gasteiger partial charge on any atom is 0.320 e. The van der Waals surface area contributed by atoms with Crippen LogP contribution in [0.5, 0.6) is 0 Å². The zero-order chi connectivity index (χ0) is 9.56. The summed E-state index contributed by atoms with van der Waals surface area (Å²) in [7, 11) is -3.13. The fourth-order valence-corrected chi connectivity index (χ4v) is 0.895. The van der Waals surface area contributed by atoms with Crippen molar-refractivity contribution < 1.29 is 24.3 Å². The van der Waals surface area contributed by atoms with Crippen LogP contribution in [0.3, 0.4) is 0 Å². The molecule has 80 valence electrons. The lowest BCUT2D eigenvalue weighted by Gasteiger charge is -1.99. The van der Waals surface area contributed by atoms with Crippen molar-refractivity contribution in [2.24, 2.45) is 0 Å². The zero-order valence-electron chi connectivity index (χ0n) is 6.77. The van der Waals surface area contributed by atoms with Crippen LogP contribution in [-0.4, -0.2) is 33.4 Å². The van der Waals surface area contributed by atoms with E-state index in [1.54, 1.807) is 0 Å². The summed E-state index contributed by atoms with van der Waals surface area (Å²) >= 11 is 0. The molecule has 0 aromatic carbocycles. The van der Waals surface area contributed by atoms with Gasteiger partial charge in [-0.1, -0.05) is 0 Å². The molecule has 0 amide bonds. The second kappa shape index (κ2) is 8.47. The molecule has 1 heterocycles. The van der Waals surface area contributed by atoms with Crippen LogP contribution in [-0.2, 0) is 9.36 Å². The van der Waals surface area contributed by atoms with Gasteiger partial charge in [-0.15, -0.1) is 12.4 Å². The molecule has 1 atom stereocenters. The third kappa shape index (κ3) is 9.79. The highest BCUT2D eigenvalue weighted by Crippen LogP contribution is 2.03. The minimum absolute atomic E-state index is 0. The molecule has 1 rings (SSSR count). The number of hydrogen-bond donors (Lipinski definition) is 4. The van der Waals surface area contributed by atoms with E-state index in [1.165, 1.54) is 0 Å². The first kappa shape index (κ1) is 15.3. The summed E-state index contributed by atoms with van der Waals surface area (Å²) in [6.07, 6.45) is 1.78. The molecule has 1 saturated heterocycles. The molecule has 6 nitrogen and oxygen atoms in total. The zero-order valence-corrected chi connectivity index (χ0v) is 8.58. The average molecular weight is 234 g/mol. The van der Waals surface area contributed by atoms with Gasteiger partial charge in [-0.25, -0.2) is 0 Å². The van der Waals surface area contributed by atoms with E-state index in [-0.39, 0.29) is 18.4 Å². The number of halogens is 1. The maximum atomic E-state index is 10.1. The Balaban J connectivity index is 0. The molecule has 0 aromatic rings. The van der Waals surface area contributed by atoms with Gasteiger partial charge < -0.3 is 20.2 Å². The Morgan fingerprint density at radius 1 is 1.46 bits per heavy atom. The fourth-order valence-electron chi connectivity index (χ4n) is 0.895. The molecule has 1 aliphatic heterocycles. The highest BCUT2D eigenvalue weighted by molar-refractivity contribution is 7.30. The Morgan fingerprint density at radius 3 is 2.08 bits per heavy atom. The lowest BCUT2D eigenvalue weighted by atomic mass is 10.2. The molecule has 0 aliphatic carbocycles. The SMILES string of the molecule is Cl.O=C(O)C1CCCN1.O=[PH](O)O. The molecular formula is C5H13ClNO5P. The summed E-state index contributed by atoms with van der Waals surface area (Å²) in [5, 5.41) is 11.2. The van der Waals surface area contributed by atoms with E-state index in [0.29, 0.717) is 0 Å². The van der Waals surface area contributed by atoms with Crippen LogP contribution in [0.1, 0.15) is 12.8 Å². The number of nitrogens with one attached hydrogen (secondary N) is 1. The molecule has 0 spiro atoms. The molecule has 8 heteroatoms. The van der Waals surface area contributed by atoms with Gasteiger partial charge in [0.2, 0.25) is 0 Å². The topological polar surface area (TPSA) is 107 Å². The van der Waals surface area contributed by atoms with Gasteiger partial charge in [0.05, 0.1) is 0 Å². The van der Waals surface area contributed by atoms with Gasteiger partial charge in [-0.05, 0) is 19.4 Å². The van der Waals surface area contributed by atoms with E-state index in [1.807, 2.05) is 0 Å². The fraction of sp³-hybridized carbons (Fsp3) is 0.800. The summed E-state index contributed by atoms with van der Waals surface area (Å²) in [5.41, 5.74) is 0. The van der Waals surface area contributed by atoms with Gasteiger partial charge in [0.1, 0.15) is 6.04 Å². The largest absolute Gasteiger partial charge is 0.480 e. The Hall–Kier alpha value is -0.130. The van der Waals surface area contributed by atoms with Gasteiger partial charge in [0.25, 0.3) is 0 Å². The predicted molar refractivity (Wildman–Crippen MR) is 49.3 cm³/mol. The number of carboxylic acids is 1. The molecule has 1 unspecified atom stereocenters. The first-order valence-electron chi connectivity index (χ1n) is 3.42. The Labute approximate surface area is 82.3 Å². The van der Waals surface area contributed by atoms with Crippen molar-refractivity contribution in [1.29, 1.82) is 0 Å². The van der Waals surface area contributed by atoms with Gasteiger partial charge in [-0.2, -0.15) is 0 Å². The molecule has 0 aromatic heterocycles. The summed E-state index contributed by atoms with van der Waals surface area (Å²) in [4.78, 5) is 24.5. The first-order valence-corrected chi connectivity index (χ1v) is 4.72. The van der Waals surface area contributed by atoms with E-state index in [0.717, 1.165) is 19.4 Å². The highest BCUT2D eigenvalue weighted by Gasteiger charge is 2.20. The minimum atomic E-state index is -3.13. The van der Waals surface area contributed by atoms with Crippen molar-refractivity contribution in [3.05, 3.63) is 0 Å². The summed E-state index contributed by atoms with van der Waals surface area (Å²) < 4.78 is 8.74. The van der Waals surface area contributed by atoms with Gasteiger partial charge >= 0.3 is 14.2 Å². The van der Waals surface area contributed by atoms with Crippen LogP contribution in [0.15, 0.2) is 0 Å². The Morgan fingerprint density at radius 2 is 1.92 bits per heavy atom. The third-order valence-corrected chi connectivity index (χ3v) is 1.36. The van der Waals surface area contributed by atoms with Gasteiger partial charge in [-0.3, -0.25) is 9.36 Å². The van der Waals surface area contributed by atoms with Crippen molar-refractivity contribution >= 4 is 26.6 Å². The molecular weight excluding hydrogens is 220 g/mol. The summed E-state index contributed by atoms with van der Waals surface area (Å²) in [6, 6.07) is -0.269. The standard InChI is InChI=1S/C5H9NO2.ClH.H3O3P/c7-5(8)4-2-1-3-6-4;;1-4(2)3/h4,6H,1-3H2,(H,7,8);1H;4H,(H2,1,2,3). The highest BCUT2D eigenvalue weighted by atomic mass is 35.5. The van der Waals surface area contributed by atoms with Crippen molar-refractivity contribution in [3.8, 4) is 0 Å². The second-order valence-corrected chi connectivity index (χ2v) is 2.83. The van der Waals surface area contributed by atoms with E-state index in [2.05, 4.69) is 5.32 Å². The molecule has 1 aliphatic rings. The lowest BCUT2D eigenvalue weighted by Crippen LogP contribution is -2.29. The second-order valence-electron chi connectivity index (χ2n) is 2.27. The monoisotopic (exact) mass is 233 g/mol.